The molecule has 0 N–H and O–H groups in total. The van der Waals surface area contributed by atoms with Crippen LogP contribution >= 0.6 is 0 Å². The fourth-order valence-electron chi connectivity index (χ4n) is 2.57. The molecule has 0 bridgehead atoms. The fraction of sp³-hybridized carbons (Fsp3) is 0.353. The second kappa shape index (κ2) is 7.25. The highest BCUT2D eigenvalue weighted by Crippen LogP contribution is 2.20. The maximum atomic E-state index is 12.9. The smallest absolute Gasteiger partial charge is 0.276 e. The number of aryl methyl sites for hydroxylation is 1. The molecular weight excluding hydrogens is 320 g/mol. The van der Waals surface area contributed by atoms with Gasteiger partial charge in [0, 0.05) is 26.2 Å². The predicted molar refractivity (Wildman–Crippen MR) is 92.1 cm³/mol. The van der Waals surface area contributed by atoms with Crippen molar-refractivity contribution >= 4 is 11.6 Å². The SMILES string of the molecule is CCCc1nc(-c2ncc(C(=O)N(CC)c3cccnc3)n2C)no1. The van der Waals surface area contributed by atoms with E-state index in [1.165, 1.54) is 6.20 Å². The van der Waals surface area contributed by atoms with Crippen molar-refractivity contribution in [2.45, 2.75) is 26.7 Å². The molecule has 0 fully saturated rings. The number of pyridine rings is 1. The van der Waals surface area contributed by atoms with Crippen LogP contribution in [0.3, 0.4) is 0 Å². The van der Waals surface area contributed by atoms with Gasteiger partial charge in [-0.3, -0.25) is 9.78 Å². The van der Waals surface area contributed by atoms with Crippen LogP contribution in [0.25, 0.3) is 11.6 Å². The van der Waals surface area contributed by atoms with E-state index in [0.717, 1.165) is 12.1 Å². The lowest BCUT2D eigenvalue weighted by Gasteiger charge is -2.20. The van der Waals surface area contributed by atoms with Crippen molar-refractivity contribution in [1.82, 2.24) is 24.7 Å². The number of rotatable bonds is 6. The van der Waals surface area contributed by atoms with Gasteiger partial charge in [-0.25, -0.2) is 4.98 Å². The van der Waals surface area contributed by atoms with Gasteiger partial charge in [0.05, 0.1) is 18.1 Å². The number of imidazole rings is 1. The van der Waals surface area contributed by atoms with E-state index >= 15 is 0 Å². The minimum Gasteiger partial charge on any atom is -0.339 e. The Kier molecular flexibility index (Phi) is 4.87. The highest BCUT2D eigenvalue weighted by molar-refractivity contribution is 6.05. The van der Waals surface area contributed by atoms with Gasteiger partial charge in [0.1, 0.15) is 5.69 Å². The van der Waals surface area contributed by atoms with E-state index < -0.39 is 0 Å². The Morgan fingerprint density at radius 3 is 2.84 bits per heavy atom. The van der Waals surface area contributed by atoms with E-state index in [-0.39, 0.29) is 5.91 Å². The summed E-state index contributed by atoms with van der Waals surface area (Å²) in [4.78, 5) is 27.3. The quantitative estimate of drug-likeness (QED) is 0.685. The molecule has 130 valence electrons. The summed E-state index contributed by atoms with van der Waals surface area (Å²) in [5, 5.41) is 3.96. The van der Waals surface area contributed by atoms with Crippen molar-refractivity contribution in [3.8, 4) is 11.6 Å². The van der Waals surface area contributed by atoms with Crippen molar-refractivity contribution in [3.63, 3.8) is 0 Å². The Hall–Kier alpha value is -3.03. The molecule has 0 aliphatic heterocycles. The Bertz CT molecular complexity index is 855. The van der Waals surface area contributed by atoms with Crippen LogP contribution < -0.4 is 4.90 Å². The largest absolute Gasteiger partial charge is 0.339 e. The second-order valence-corrected chi connectivity index (χ2v) is 5.55. The summed E-state index contributed by atoms with van der Waals surface area (Å²) >= 11 is 0. The number of nitrogens with zero attached hydrogens (tertiary/aromatic N) is 6. The Morgan fingerprint density at radius 1 is 1.32 bits per heavy atom. The van der Waals surface area contributed by atoms with Crippen LogP contribution in [0, 0.1) is 0 Å². The zero-order valence-corrected chi connectivity index (χ0v) is 14.5. The molecule has 0 spiro atoms. The molecule has 0 saturated carbocycles. The lowest BCUT2D eigenvalue weighted by molar-refractivity contribution is 0.0980. The number of anilines is 1. The molecule has 0 radical (unpaired) electrons. The third-order valence-corrected chi connectivity index (χ3v) is 3.86. The summed E-state index contributed by atoms with van der Waals surface area (Å²) in [6.07, 6.45) is 6.51. The van der Waals surface area contributed by atoms with Crippen molar-refractivity contribution in [2.75, 3.05) is 11.4 Å². The van der Waals surface area contributed by atoms with Gasteiger partial charge in [0.25, 0.3) is 5.91 Å². The van der Waals surface area contributed by atoms with Gasteiger partial charge in [-0.05, 0) is 25.5 Å². The van der Waals surface area contributed by atoms with Gasteiger partial charge >= 0.3 is 0 Å². The molecule has 3 heterocycles. The van der Waals surface area contributed by atoms with E-state index in [1.54, 1.807) is 35.0 Å². The van der Waals surface area contributed by atoms with E-state index in [4.69, 9.17) is 4.52 Å². The summed E-state index contributed by atoms with van der Waals surface area (Å²) in [6.45, 7) is 4.48. The minimum absolute atomic E-state index is 0.158. The molecule has 3 aromatic heterocycles. The summed E-state index contributed by atoms with van der Waals surface area (Å²) in [6, 6.07) is 3.65. The summed E-state index contributed by atoms with van der Waals surface area (Å²) in [5.41, 5.74) is 1.19. The normalized spacial score (nSPS) is 10.8. The number of hydrogen-bond donors (Lipinski definition) is 0. The fourth-order valence-corrected chi connectivity index (χ4v) is 2.57. The molecule has 0 aliphatic rings. The van der Waals surface area contributed by atoms with Crippen LogP contribution in [0.2, 0.25) is 0 Å². The van der Waals surface area contributed by atoms with Gasteiger partial charge in [-0.2, -0.15) is 4.98 Å². The predicted octanol–water partition coefficient (Wildman–Crippen LogP) is 2.48. The standard InChI is InChI=1S/C17H20N6O2/c1-4-7-14-20-15(21-25-14)16-19-11-13(22(16)3)17(24)23(5-2)12-8-6-9-18-10-12/h6,8-11H,4-5,7H2,1-3H3. The Balaban J connectivity index is 1.90. The zero-order chi connectivity index (χ0) is 17.8. The number of hydrogen-bond acceptors (Lipinski definition) is 6. The lowest BCUT2D eigenvalue weighted by Crippen LogP contribution is -2.32. The first-order valence-corrected chi connectivity index (χ1v) is 8.22. The first-order valence-electron chi connectivity index (χ1n) is 8.22. The summed E-state index contributed by atoms with van der Waals surface area (Å²) in [5.74, 6) is 1.29. The molecular formula is C17H20N6O2. The Morgan fingerprint density at radius 2 is 2.16 bits per heavy atom. The third-order valence-electron chi connectivity index (χ3n) is 3.86. The van der Waals surface area contributed by atoms with E-state index in [1.807, 2.05) is 19.9 Å². The van der Waals surface area contributed by atoms with Crippen molar-refractivity contribution in [3.05, 3.63) is 42.3 Å². The van der Waals surface area contributed by atoms with Gasteiger partial charge in [0.15, 0.2) is 5.82 Å². The first-order chi connectivity index (χ1) is 12.2. The van der Waals surface area contributed by atoms with Crippen LogP contribution in [-0.2, 0) is 13.5 Å². The molecule has 0 atom stereocenters. The van der Waals surface area contributed by atoms with Crippen LogP contribution in [0.4, 0.5) is 5.69 Å². The van der Waals surface area contributed by atoms with E-state index in [9.17, 15) is 4.79 Å². The lowest BCUT2D eigenvalue weighted by atomic mass is 10.3. The summed E-state index contributed by atoms with van der Waals surface area (Å²) in [7, 11) is 1.77. The molecule has 0 aromatic carbocycles. The minimum atomic E-state index is -0.158. The van der Waals surface area contributed by atoms with Crippen molar-refractivity contribution in [1.29, 1.82) is 0 Å². The molecule has 8 heteroatoms. The maximum Gasteiger partial charge on any atom is 0.276 e. The van der Waals surface area contributed by atoms with Gasteiger partial charge in [0.2, 0.25) is 11.7 Å². The summed E-state index contributed by atoms with van der Waals surface area (Å²) < 4.78 is 6.89. The Labute approximate surface area is 145 Å². The van der Waals surface area contributed by atoms with Crippen LogP contribution in [0.15, 0.2) is 35.2 Å². The first kappa shape index (κ1) is 16.8. The van der Waals surface area contributed by atoms with Crippen LogP contribution in [0.1, 0.15) is 36.6 Å². The molecule has 0 aliphatic carbocycles. The van der Waals surface area contributed by atoms with Crippen LogP contribution in [-0.4, -0.2) is 37.1 Å². The van der Waals surface area contributed by atoms with Gasteiger partial charge < -0.3 is 14.0 Å². The van der Waals surface area contributed by atoms with Crippen molar-refractivity contribution in [2.24, 2.45) is 7.05 Å². The number of aromatic nitrogens is 5. The average molecular weight is 340 g/mol. The maximum absolute atomic E-state index is 12.9. The van der Waals surface area contributed by atoms with Crippen molar-refractivity contribution < 1.29 is 9.32 Å². The molecule has 0 unspecified atom stereocenters. The van der Waals surface area contributed by atoms with Gasteiger partial charge in [-0.15, -0.1) is 0 Å². The topological polar surface area (TPSA) is 89.9 Å². The number of carbonyl (C=O) groups is 1. The monoisotopic (exact) mass is 340 g/mol. The van der Waals surface area contributed by atoms with Crippen LogP contribution in [0.5, 0.6) is 0 Å². The number of carbonyl (C=O) groups excluding carboxylic acids is 1. The molecule has 3 aromatic rings. The zero-order valence-electron chi connectivity index (χ0n) is 14.5. The molecule has 8 nitrogen and oxygen atoms in total. The molecule has 25 heavy (non-hydrogen) atoms. The third kappa shape index (κ3) is 3.28. The average Bonchev–Trinajstić information content (AvgIpc) is 3.23. The molecule has 3 rings (SSSR count). The van der Waals surface area contributed by atoms with Gasteiger partial charge in [-0.1, -0.05) is 12.1 Å². The molecule has 1 amide bonds. The van der Waals surface area contributed by atoms with E-state index in [2.05, 4.69) is 20.1 Å². The second-order valence-electron chi connectivity index (χ2n) is 5.55. The highest BCUT2D eigenvalue weighted by Gasteiger charge is 2.23. The van der Waals surface area contributed by atoms with E-state index in [0.29, 0.717) is 36.2 Å². The number of amides is 1. The molecule has 0 saturated heterocycles. The highest BCUT2D eigenvalue weighted by atomic mass is 16.5.